The highest BCUT2D eigenvalue weighted by Gasteiger charge is 2.46. The van der Waals surface area contributed by atoms with Crippen LogP contribution in [0.4, 0.5) is 0 Å². The zero-order chi connectivity index (χ0) is 16.3. The maximum Gasteiger partial charge on any atom is 0.230 e. The molecule has 4 rings (SSSR count). The van der Waals surface area contributed by atoms with E-state index in [4.69, 9.17) is 9.15 Å². The third-order valence-corrected chi connectivity index (χ3v) is 4.52. The number of carbonyl (C=O) groups is 1. The van der Waals surface area contributed by atoms with Crippen molar-refractivity contribution in [3.8, 4) is 11.5 Å². The summed E-state index contributed by atoms with van der Waals surface area (Å²) in [4.78, 5) is 24.3. The number of fused-ring (bicyclic) bond motifs is 5. The highest BCUT2D eigenvalue weighted by molar-refractivity contribution is 5.91. The minimum Gasteiger partial charge on any atom is -0.507 e. The van der Waals surface area contributed by atoms with Crippen LogP contribution in [0, 0.1) is 12.8 Å². The van der Waals surface area contributed by atoms with Gasteiger partial charge >= 0.3 is 0 Å². The molecule has 3 heterocycles. The van der Waals surface area contributed by atoms with Gasteiger partial charge in [0.1, 0.15) is 34.1 Å². The standard InChI is InChI=1S/C16H15NO6/c1-6-4-8(18)13-9(19)5-10-11(14(13)22-6)7-2-3-17-15(20)12(7)16(21)23-10/h4-5,7,12,16,19,21H,2-3H2,1H3,(H,17,20). The third kappa shape index (κ3) is 1.93. The monoisotopic (exact) mass is 317 g/mol. The second-order valence-electron chi connectivity index (χ2n) is 5.95. The highest BCUT2D eigenvalue weighted by atomic mass is 16.6. The summed E-state index contributed by atoms with van der Waals surface area (Å²) in [5, 5.41) is 23.0. The molecular weight excluding hydrogens is 302 g/mol. The molecule has 1 aromatic carbocycles. The zero-order valence-electron chi connectivity index (χ0n) is 12.3. The molecule has 7 heteroatoms. The lowest BCUT2D eigenvalue weighted by Gasteiger charge is -2.39. The van der Waals surface area contributed by atoms with Gasteiger partial charge in [-0.3, -0.25) is 9.59 Å². The number of aromatic hydroxyl groups is 1. The van der Waals surface area contributed by atoms with Crippen LogP contribution in [-0.2, 0) is 4.79 Å². The van der Waals surface area contributed by atoms with Crippen LogP contribution < -0.4 is 15.5 Å². The molecule has 1 amide bonds. The molecule has 2 aromatic rings. The van der Waals surface area contributed by atoms with Gasteiger partial charge in [-0.1, -0.05) is 0 Å². The van der Waals surface area contributed by atoms with Crippen molar-refractivity contribution in [2.75, 3.05) is 6.54 Å². The summed E-state index contributed by atoms with van der Waals surface area (Å²) in [6.07, 6.45) is -0.720. The van der Waals surface area contributed by atoms with Gasteiger partial charge in [0.25, 0.3) is 0 Å². The molecule has 0 spiro atoms. The molecule has 7 nitrogen and oxygen atoms in total. The van der Waals surface area contributed by atoms with E-state index in [0.717, 1.165) is 0 Å². The van der Waals surface area contributed by atoms with E-state index in [0.29, 0.717) is 24.3 Å². The predicted molar refractivity (Wildman–Crippen MR) is 79.4 cm³/mol. The van der Waals surface area contributed by atoms with Gasteiger partial charge in [0.2, 0.25) is 12.2 Å². The second kappa shape index (κ2) is 4.73. The summed E-state index contributed by atoms with van der Waals surface area (Å²) in [5.41, 5.74) is 0.428. The van der Waals surface area contributed by atoms with E-state index in [2.05, 4.69) is 5.32 Å². The maximum absolute atomic E-state index is 12.2. The minimum absolute atomic E-state index is 0.0686. The average molecular weight is 317 g/mol. The fourth-order valence-corrected chi connectivity index (χ4v) is 3.56. The summed E-state index contributed by atoms with van der Waals surface area (Å²) in [6.45, 7) is 2.10. The van der Waals surface area contributed by atoms with Crippen molar-refractivity contribution < 1.29 is 24.2 Å². The van der Waals surface area contributed by atoms with Crippen LogP contribution in [0.1, 0.15) is 23.7 Å². The van der Waals surface area contributed by atoms with Crippen molar-refractivity contribution in [3.05, 3.63) is 33.7 Å². The second-order valence-corrected chi connectivity index (χ2v) is 5.95. The fourth-order valence-electron chi connectivity index (χ4n) is 3.56. The third-order valence-electron chi connectivity index (χ3n) is 4.52. The molecule has 23 heavy (non-hydrogen) atoms. The molecule has 2 aliphatic rings. The number of hydrogen-bond acceptors (Lipinski definition) is 6. The van der Waals surface area contributed by atoms with Crippen LogP contribution in [0.25, 0.3) is 11.0 Å². The summed E-state index contributed by atoms with van der Waals surface area (Å²) in [6, 6.07) is 2.61. The molecule has 3 unspecified atom stereocenters. The molecule has 0 aliphatic carbocycles. The number of phenolic OH excluding ortho intramolecular Hbond substituents is 1. The van der Waals surface area contributed by atoms with Gasteiger partial charge in [0.15, 0.2) is 5.43 Å². The summed E-state index contributed by atoms with van der Waals surface area (Å²) < 4.78 is 11.1. The van der Waals surface area contributed by atoms with Crippen molar-refractivity contribution in [1.29, 1.82) is 0 Å². The van der Waals surface area contributed by atoms with E-state index in [9.17, 15) is 19.8 Å². The first-order valence-electron chi connectivity index (χ1n) is 7.40. The van der Waals surface area contributed by atoms with E-state index >= 15 is 0 Å². The van der Waals surface area contributed by atoms with E-state index < -0.39 is 12.2 Å². The number of aliphatic hydroxyl groups excluding tert-OH is 1. The highest BCUT2D eigenvalue weighted by Crippen LogP contribution is 2.48. The molecule has 2 aliphatic heterocycles. The molecule has 0 radical (unpaired) electrons. The van der Waals surface area contributed by atoms with Crippen LogP contribution in [-0.4, -0.2) is 29.0 Å². The minimum atomic E-state index is -1.30. The number of hydrogen-bond donors (Lipinski definition) is 3. The molecule has 0 bridgehead atoms. The maximum atomic E-state index is 12.2. The molecule has 1 saturated heterocycles. The van der Waals surface area contributed by atoms with E-state index in [1.807, 2.05) is 0 Å². The Balaban J connectivity index is 2.07. The van der Waals surface area contributed by atoms with Crippen LogP contribution in [0.3, 0.4) is 0 Å². The molecule has 1 fully saturated rings. The first kappa shape index (κ1) is 14.1. The molecule has 3 atom stereocenters. The smallest absolute Gasteiger partial charge is 0.230 e. The number of rotatable bonds is 0. The Kier molecular flexibility index (Phi) is 2.89. The zero-order valence-corrected chi connectivity index (χ0v) is 12.3. The quantitative estimate of drug-likeness (QED) is 0.661. The Hall–Kier alpha value is -2.54. The normalized spacial score (nSPS) is 26.2. The number of ether oxygens (including phenoxy) is 1. The fraction of sp³-hybridized carbons (Fsp3) is 0.375. The van der Waals surface area contributed by atoms with E-state index in [1.54, 1.807) is 6.92 Å². The van der Waals surface area contributed by atoms with E-state index in [-0.39, 0.29) is 39.7 Å². The Morgan fingerprint density at radius 2 is 2.09 bits per heavy atom. The first-order chi connectivity index (χ1) is 11.0. The molecule has 120 valence electrons. The molecule has 3 N–H and O–H groups in total. The average Bonchev–Trinajstić information content (AvgIpc) is 2.45. The number of benzene rings is 1. The Morgan fingerprint density at radius 3 is 2.87 bits per heavy atom. The van der Waals surface area contributed by atoms with Crippen molar-refractivity contribution >= 4 is 16.9 Å². The Labute approximate surface area is 130 Å². The lowest BCUT2D eigenvalue weighted by Crippen LogP contribution is -2.50. The van der Waals surface area contributed by atoms with Gasteiger partial charge in [-0.15, -0.1) is 0 Å². The number of carbonyl (C=O) groups excluding carboxylic acids is 1. The summed E-state index contributed by atoms with van der Waals surface area (Å²) >= 11 is 0. The number of aliphatic hydroxyl groups is 1. The predicted octanol–water partition coefficient (Wildman–Crippen LogP) is 0.738. The molecule has 1 aromatic heterocycles. The van der Waals surface area contributed by atoms with E-state index in [1.165, 1.54) is 12.1 Å². The number of amides is 1. The largest absolute Gasteiger partial charge is 0.507 e. The van der Waals surface area contributed by atoms with Crippen molar-refractivity contribution in [2.24, 2.45) is 5.92 Å². The van der Waals surface area contributed by atoms with Gasteiger partial charge in [-0.2, -0.15) is 0 Å². The van der Waals surface area contributed by atoms with Crippen LogP contribution in [0.5, 0.6) is 11.5 Å². The topological polar surface area (TPSA) is 109 Å². The van der Waals surface area contributed by atoms with Gasteiger partial charge in [0.05, 0.1) is 0 Å². The number of piperidine rings is 1. The van der Waals surface area contributed by atoms with Gasteiger partial charge in [-0.05, 0) is 13.3 Å². The van der Waals surface area contributed by atoms with Crippen LogP contribution in [0.15, 0.2) is 21.3 Å². The Morgan fingerprint density at radius 1 is 1.30 bits per heavy atom. The summed E-state index contributed by atoms with van der Waals surface area (Å²) in [7, 11) is 0. The van der Waals surface area contributed by atoms with Crippen molar-refractivity contribution in [1.82, 2.24) is 5.32 Å². The number of nitrogens with one attached hydrogen (secondary N) is 1. The van der Waals surface area contributed by atoms with Crippen LogP contribution in [0.2, 0.25) is 0 Å². The lowest BCUT2D eigenvalue weighted by molar-refractivity contribution is -0.146. The number of phenols is 1. The van der Waals surface area contributed by atoms with Gasteiger partial charge < -0.3 is 24.7 Å². The van der Waals surface area contributed by atoms with Crippen molar-refractivity contribution in [2.45, 2.75) is 25.6 Å². The van der Waals surface area contributed by atoms with Gasteiger partial charge in [-0.25, -0.2) is 0 Å². The number of aryl methyl sites for hydroxylation is 1. The van der Waals surface area contributed by atoms with Crippen molar-refractivity contribution in [3.63, 3.8) is 0 Å². The Bertz CT molecular complexity index is 886. The van der Waals surface area contributed by atoms with Gasteiger partial charge in [0, 0.05) is 30.2 Å². The lowest BCUT2D eigenvalue weighted by atomic mass is 9.77. The first-order valence-corrected chi connectivity index (χ1v) is 7.40. The van der Waals surface area contributed by atoms with Crippen LogP contribution >= 0.6 is 0 Å². The summed E-state index contributed by atoms with van der Waals surface area (Å²) in [5.74, 6) is -1.02. The molecule has 0 saturated carbocycles. The SMILES string of the molecule is Cc1cc(=O)c2c(O)cc3c(c2o1)C1CCNC(=O)C1C(O)O3. The molecular formula is C16H15NO6.